The molecule has 0 aromatic heterocycles. The SMILES string of the molecule is CCCc1ccc2c(c1)OCCC2. The first-order chi connectivity index (χ1) is 6.40. The van der Waals surface area contributed by atoms with Crippen molar-refractivity contribution >= 4 is 0 Å². The average Bonchev–Trinajstić information content (AvgIpc) is 2.18. The molecule has 0 aliphatic carbocycles. The summed E-state index contributed by atoms with van der Waals surface area (Å²) in [7, 11) is 0. The van der Waals surface area contributed by atoms with Crippen LogP contribution in [0.4, 0.5) is 0 Å². The lowest BCUT2D eigenvalue weighted by atomic mass is 10.0. The standard InChI is InChI=1S/C12H16O/c1-2-4-10-6-7-11-5-3-8-13-12(11)9-10/h6-7,9H,2-5,8H2,1H3. The van der Waals surface area contributed by atoms with Crippen molar-refractivity contribution in [1.29, 1.82) is 0 Å². The summed E-state index contributed by atoms with van der Waals surface area (Å²) in [6.45, 7) is 3.10. The topological polar surface area (TPSA) is 9.23 Å². The molecule has 0 radical (unpaired) electrons. The molecule has 0 saturated heterocycles. The normalized spacial score (nSPS) is 14.8. The van der Waals surface area contributed by atoms with E-state index in [0.717, 1.165) is 18.8 Å². The third kappa shape index (κ3) is 1.85. The summed E-state index contributed by atoms with van der Waals surface area (Å²) in [4.78, 5) is 0. The molecule has 0 atom stereocenters. The van der Waals surface area contributed by atoms with Crippen molar-refractivity contribution in [2.24, 2.45) is 0 Å². The molecule has 1 aliphatic heterocycles. The van der Waals surface area contributed by atoms with Crippen LogP contribution < -0.4 is 4.74 Å². The highest BCUT2D eigenvalue weighted by atomic mass is 16.5. The van der Waals surface area contributed by atoms with E-state index in [4.69, 9.17) is 4.74 Å². The molecule has 1 heteroatoms. The molecule has 1 aliphatic rings. The number of hydrogen-bond acceptors (Lipinski definition) is 1. The number of fused-ring (bicyclic) bond motifs is 1. The molecule has 0 fully saturated rings. The molecule has 1 nitrogen and oxygen atoms in total. The Labute approximate surface area is 79.7 Å². The second-order valence-corrected chi connectivity index (χ2v) is 3.64. The lowest BCUT2D eigenvalue weighted by molar-refractivity contribution is 0.288. The van der Waals surface area contributed by atoms with E-state index in [1.807, 2.05) is 0 Å². The predicted molar refractivity (Wildman–Crippen MR) is 54.3 cm³/mol. The molecule has 13 heavy (non-hydrogen) atoms. The van der Waals surface area contributed by atoms with E-state index in [2.05, 4.69) is 25.1 Å². The van der Waals surface area contributed by atoms with Crippen molar-refractivity contribution in [1.82, 2.24) is 0 Å². The van der Waals surface area contributed by atoms with Gasteiger partial charge in [-0.05, 0) is 36.5 Å². The van der Waals surface area contributed by atoms with Gasteiger partial charge < -0.3 is 4.74 Å². The first-order valence-corrected chi connectivity index (χ1v) is 5.15. The van der Waals surface area contributed by atoms with E-state index in [-0.39, 0.29) is 0 Å². The summed E-state index contributed by atoms with van der Waals surface area (Å²) in [6.07, 6.45) is 4.72. The molecule has 70 valence electrons. The smallest absolute Gasteiger partial charge is 0.122 e. The number of ether oxygens (including phenoxy) is 1. The molecule has 1 aromatic carbocycles. The van der Waals surface area contributed by atoms with E-state index in [1.165, 1.54) is 30.4 Å². The Kier molecular flexibility index (Phi) is 2.53. The summed E-state index contributed by atoms with van der Waals surface area (Å²) in [6, 6.07) is 6.66. The van der Waals surface area contributed by atoms with Crippen LogP contribution in [0.25, 0.3) is 0 Å². The van der Waals surface area contributed by atoms with Gasteiger partial charge in [0.1, 0.15) is 5.75 Å². The van der Waals surface area contributed by atoms with Gasteiger partial charge in [-0.2, -0.15) is 0 Å². The van der Waals surface area contributed by atoms with Crippen LogP contribution in [0.1, 0.15) is 30.9 Å². The Hall–Kier alpha value is -0.980. The van der Waals surface area contributed by atoms with Crippen molar-refractivity contribution in [2.75, 3.05) is 6.61 Å². The van der Waals surface area contributed by atoms with Crippen LogP contribution in [0.2, 0.25) is 0 Å². The van der Waals surface area contributed by atoms with Gasteiger partial charge in [-0.25, -0.2) is 0 Å². The molecular weight excluding hydrogens is 160 g/mol. The van der Waals surface area contributed by atoms with Crippen molar-refractivity contribution in [3.05, 3.63) is 29.3 Å². The molecule has 0 spiro atoms. The van der Waals surface area contributed by atoms with Crippen molar-refractivity contribution in [3.8, 4) is 5.75 Å². The van der Waals surface area contributed by atoms with Gasteiger partial charge in [0.2, 0.25) is 0 Å². The number of rotatable bonds is 2. The molecule has 0 bridgehead atoms. The van der Waals surface area contributed by atoms with E-state index in [1.54, 1.807) is 0 Å². The molecule has 0 N–H and O–H groups in total. The van der Waals surface area contributed by atoms with E-state index >= 15 is 0 Å². The van der Waals surface area contributed by atoms with Crippen LogP contribution in [0.5, 0.6) is 5.75 Å². The predicted octanol–water partition coefficient (Wildman–Crippen LogP) is 2.96. The first kappa shape index (κ1) is 8.61. The quantitative estimate of drug-likeness (QED) is 0.673. The van der Waals surface area contributed by atoms with Crippen LogP contribution in [0.15, 0.2) is 18.2 Å². The minimum Gasteiger partial charge on any atom is -0.493 e. The summed E-state index contributed by atoms with van der Waals surface area (Å²) < 4.78 is 5.61. The third-order valence-corrected chi connectivity index (χ3v) is 2.52. The highest BCUT2D eigenvalue weighted by Gasteiger charge is 2.09. The van der Waals surface area contributed by atoms with Crippen LogP contribution in [-0.4, -0.2) is 6.61 Å². The van der Waals surface area contributed by atoms with Crippen LogP contribution in [0.3, 0.4) is 0 Å². The van der Waals surface area contributed by atoms with Gasteiger partial charge in [-0.15, -0.1) is 0 Å². The highest BCUT2D eigenvalue weighted by Crippen LogP contribution is 2.26. The zero-order valence-electron chi connectivity index (χ0n) is 8.18. The Balaban J connectivity index is 2.24. The summed E-state index contributed by atoms with van der Waals surface area (Å²) in [5.74, 6) is 1.12. The van der Waals surface area contributed by atoms with Crippen molar-refractivity contribution < 1.29 is 4.74 Å². The van der Waals surface area contributed by atoms with Gasteiger partial charge in [-0.1, -0.05) is 25.5 Å². The Morgan fingerprint density at radius 2 is 2.31 bits per heavy atom. The average molecular weight is 176 g/mol. The van der Waals surface area contributed by atoms with Crippen LogP contribution >= 0.6 is 0 Å². The molecule has 0 amide bonds. The largest absolute Gasteiger partial charge is 0.493 e. The van der Waals surface area contributed by atoms with Gasteiger partial charge in [0.25, 0.3) is 0 Å². The zero-order valence-corrected chi connectivity index (χ0v) is 8.18. The van der Waals surface area contributed by atoms with Crippen LogP contribution in [0, 0.1) is 0 Å². The Morgan fingerprint density at radius 1 is 1.38 bits per heavy atom. The Bertz CT molecular complexity index is 291. The van der Waals surface area contributed by atoms with Gasteiger partial charge in [-0.3, -0.25) is 0 Å². The monoisotopic (exact) mass is 176 g/mol. The van der Waals surface area contributed by atoms with E-state index < -0.39 is 0 Å². The fourth-order valence-electron chi connectivity index (χ4n) is 1.83. The fourth-order valence-corrected chi connectivity index (χ4v) is 1.83. The molecule has 0 saturated carbocycles. The maximum Gasteiger partial charge on any atom is 0.122 e. The van der Waals surface area contributed by atoms with Gasteiger partial charge >= 0.3 is 0 Å². The second kappa shape index (κ2) is 3.82. The number of aryl methyl sites for hydroxylation is 2. The third-order valence-electron chi connectivity index (χ3n) is 2.52. The van der Waals surface area contributed by atoms with Gasteiger partial charge in [0.05, 0.1) is 6.61 Å². The minimum atomic E-state index is 0.891. The lowest BCUT2D eigenvalue weighted by Gasteiger charge is -2.17. The molecule has 1 heterocycles. The van der Waals surface area contributed by atoms with E-state index in [0.29, 0.717) is 0 Å². The second-order valence-electron chi connectivity index (χ2n) is 3.64. The van der Waals surface area contributed by atoms with Crippen molar-refractivity contribution in [3.63, 3.8) is 0 Å². The van der Waals surface area contributed by atoms with Crippen molar-refractivity contribution in [2.45, 2.75) is 32.6 Å². The first-order valence-electron chi connectivity index (χ1n) is 5.15. The summed E-state index contributed by atoms with van der Waals surface area (Å²) in [5, 5.41) is 0. The molecule has 2 rings (SSSR count). The van der Waals surface area contributed by atoms with E-state index in [9.17, 15) is 0 Å². The van der Waals surface area contributed by atoms with Gasteiger partial charge in [0.15, 0.2) is 0 Å². The number of hydrogen-bond donors (Lipinski definition) is 0. The molecular formula is C12H16O. The minimum absolute atomic E-state index is 0.891. The number of benzene rings is 1. The molecule has 0 unspecified atom stereocenters. The molecule has 1 aromatic rings. The summed E-state index contributed by atoms with van der Waals surface area (Å²) >= 11 is 0. The maximum atomic E-state index is 5.61. The summed E-state index contributed by atoms with van der Waals surface area (Å²) in [5.41, 5.74) is 2.79. The van der Waals surface area contributed by atoms with Gasteiger partial charge in [0, 0.05) is 0 Å². The lowest BCUT2D eigenvalue weighted by Crippen LogP contribution is -2.08. The van der Waals surface area contributed by atoms with Crippen LogP contribution in [-0.2, 0) is 12.8 Å². The maximum absolute atomic E-state index is 5.61. The zero-order chi connectivity index (χ0) is 9.10. The Morgan fingerprint density at radius 3 is 3.15 bits per heavy atom. The fraction of sp³-hybridized carbons (Fsp3) is 0.500. The highest BCUT2D eigenvalue weighted by molar-refractivity contribution is 5.38.